The highest BCUT2D eigenvalue weighted by atomic mass is 16.2. The highest BCUT2D eigenvalue weighted by Crippen LogP contribution is 2.30. The lowest BCUT2D eigenvalue weighted by Crippen LogP contribution is -2.42. The number of rotatable bonds is 3. The van der Waals surface area contributed by atoms with Crippen molar-refractivity contribution in [1.29, 1.82) is 0 Å². The maximum absolute atomic E-state index is 12.6. The largest absolute Gasteiger partial charge is 0.338 e. The number of hydrogen-bond acceptors (Lipinski definition) is 2. The number of piperidine rings is 1. The van der Waals surface area contributed by atoms with Gasteiger partial charge in [-0.1, -0.05) is 13.8 Å². The summed E-state index contributed by atoms with van der Waals surface area (Å²) in [7, 11) is 0. The summed E-state index contributed by atoms with van der Waals surface area (Å²) in [5.41, 5.74) is 1.47. The average Bonchev–Trinajstić information content (AvgIpc) is 3.31. The van der Waals surface area contributed by atoms with Crippen LogP contribution in [-0.2, 0) is 4.79 Å². The fourth-order valence-electron chi connectivity index (χ4n) is 3.30. The molecule has 2 amide bonds. The molecule has 1 aliphatic carbocycles. The minimum Gasteiger partial charge on any atom is -0.338 e. The second-order valence-electron chi connectivity index (χ2n) is 7.00. The van der Waals surface area contributed by atoms with Crippen LogP contribution >= 0.6 is 0 Å². The zero-order chi connectivity index (χ0) is 15.7. The van der Waals surface area contributed by atoms with E-state index in [1.54, 1.807) is 0 Å². The summed E-state index contributed by atoms with van der Waals surface area (Å²) in [6, 6.07) is 7.28. The molecule has 118 valence electrons. The Hall–Kier alpha value is -1.84. The summed E-state index contributed by atoms with van der Waals surface area (Å²) in [6.07, 6.45) is 3.18. The van der Waals surface area contributed by atoms with Gasteiger partial charge in [0.1, 0.15) is 0 Å². The van der Waals surface area contributed by atoms with Gasteiger partial charge < -0.3 is 10.2 Å². The van der Waals surface area contributed by atoms with Gasteiger partial charge in [0.2, 0.25) is 5.91 Å². The Morgan fingerprint density at radius 3 is 2.18 bits per heavy atom. The van der Waals surface area contributed by atoms with E-state index >= 15 is 0 Å². The number of likely N-dealkylation sites (tertiary alicyclic amines) is 1. The lowest BCUT2D eigenvalue weighted by Gasteiger charge is -2.35. The van der Waals surface area contributed by atoms with Crippen molar-refractivity contribution in [2.75, 3.05) is 18.4 Å². The van der Waals surface area contributed by atoms with Crippen LogP contribution in [0.4, 0.5) is 5.69 Å². The Bertz CT molecular complexity index is 553. The van der Waals surface area contributed by atoms with Crippen molar-refractivity contribution < 1.29 is 9.59 Å². The van der Waals surface area contributed by atoms with Gasteiger partial charge in [0.05, 0.1) is 0 Å². The van der Waals surface area contributed by atoms with Gasteiger partial charge in [0.15, 0.2) is 0 Å². The van der Waals surface area contributed by atoms with Gasteiger partial charge in [-0.3, -0.25) is 9.59 Å². The summed E-state index contributed by atoms with van der Waals surface area (Å²) in [4.78, 5) is 26.3. The first-order valence-electron chi connectivity index (χ1n) is 8.23. The molecule has 2 atom stereocenters. The van der Waals surface area contributed by atoms with E-state index in [0.717, 1.165) is 31.6 Å². The smallest absolute Gasteiger partial charge is 0.253 e. The van der Waals surface area contributed by atoms with Crippen molar-refractivity contribution in [2.24, 2.45) is 17.8 Å². The molecule has 0 aromatic heterocycles. The summed E-state index contributed by atoms with van der Waals surface area (Å²) in [5.74, 6) is 1.50. The summed E-state index contributed by atoms with van der Waals surface area (Å²) in [5, 5.41) is 2.90. The van der Waals surface area contributed by atoms with Crippen molar-refractivity contribution in [3.05, 3.63) is 29.8 Å². The Morgan fingerprint density at radius 2 is 1.64 bits per heavy atom. The molecule has 3 rings (SSSR count). The van der Waals surface area contributed by atoms with E-state index in [4.69, 9.17) is 0 Å². The normalized spacial score (nSPS) is 24.9. The standard InChI is InChI=1S/C18H24N2O2/c1-12-9-13(2)11-20(10-12)18(22)15-5-7-16(8-6-15)19-17(21)14-3-4-14/h5-8,12-14H,3-4,9-11H2,1-2H3,(H,19,21)/t12-,13-/m0/s1. The SMILES string of the molecule is C[C@H]1C[C@H](C)CN(C(=O)c2ccc(NC(=O)C3CC3)cc2)C1. The number of anilines is 1. The van der Waals surface area contributed by atoms with Gasteiger partial charge >= 0.3 is 0 Å². The van der Waals surface area contributed by atoms with Crippen molar-refractivity contribution in [3.8, 4) is 0 Å². The fourth-order valence-corrected chi connectivity index (χ4v) is 3.30. The van der Waals surface area contributed by atoms with E-state index < -0.39 is 0 Å². The van der Waals surface area contributed by atoms with Crippen LogP contribution in [0, 0.1) is 17.8 Å². The monoisotopic (exact) mass is 300 g/mol. The molecule has 1 saturated heterocycles. The minimum absolute atomic E-state index is 0.0951. The molecule has 2 fully saturated rings. The predicted molar refractivity (Wildman–Crippen MR) is 86.6 cm³/mol. The molecule has 4 nitrogen and oxygen atoms in total. The number of amides is 2. The Kier molecular flexibility index (Phi) is 4.19. The Balaban J connectivity index is 1.64. The first kappa shape index (κ1) is 15.1. The second kappa shape index (κ2) is 6.11. The number of carbonyl (C=O) groups is 2. The Labute approximate surface area is 131 Å². The molecule has 1 N–H and O–H groups in total. The molecule has 1 saturated carbocycles. The highest BCUT2D eigenvalue weighted by molar-refractivity contribution is 5.96. The van der Waals surface area contributed by atoms with Crippen LogP contribution in [0.1, 0.15) is 43.5 Å². The van der Waals surface area contributed by atoms with E-state index in [2.05, 4.69) is 19.2 Å². The van der Waals surface area contributed by atoms with Crippen LogP contribution in [0.25, 0.3) is 0 Å². The maximum Gasteiger partial charge on any atom is 0.253 e. The van der Waals surface area contributed by atoms with E-state index in [9.17, 15) is 9.59 Å². The summed E-state index contributed by atoms with van der Waals surface area (Å²) >= 11 is 0. The third-order valence-electron chi connectivity index (χ3n) is 4.50. The molecule has 0 spiro atoms. The van der Waals surface area contributed by atoms with Gasteiger partial charge in [0.25, 0.3) is 5.91 Å². The van der Waals surface area contributed by atoms with Gasteiger partial charge in [-0.2, -0.15) is 0 Å². The molecule has 1 heterocycles. The number of carbonyl (C=O) groups excluding carboxylic acids is 2. The number of benzene rings is 1. The zero-order valence-electron chi connectivity index (χ0n) is 13.3. The van der Waals surface area contributed by atoms with E-state index in [-0.39, 0.29) is 17.7 Å². The quantitative estimate of drug-likeness (QED) is 0.932. The van der Waals surface area contributed by atoms with Crippen LogP contribution in [0.2, 0.25) is 0 Å². The molecular weight excluding hydrogens is 276 g/mol. The third-order valence-corrected chi connectivity index (χ3v) is 4.50. The van der Waals surface area contributed by atoms with E-state index in [0.29, 0.717) is 17.4 Å². The minimum atomic E-state index is 0.0951. The summed E-state index contributed by atoms with van der Waals surface area (Å²) in [6.45, 7) is 6.07. The molecule has 0 bridgehead atoms. The molecule has 1 aromatic rings. The van der Waals surface area contributed by atoms with Gasteiger partial charge in [-0.05, 0) is 55.4 Å². The van der Waals surface area contributed by atoms with Crippen LogP contribution in [0.5, 0.6) is 0 Å². The van der Waals surface area contributed by atoms with Crippen molar-refractivity contribution in [1.82, 2.24) is 4.90 Å². The molecule has 2 aliphatic rings. The number of nitrogens with one attached hydrogen (secondary N) is 1. The van der Waals surface area contributed by atoms with Crippen LogP contribution in [0.3, 0.4) is 0 Å². The van der Waals surface area contributed by atoms with E-state index in [1.165, 1.54) is 6.42 Å². The van der Waals surface area contributed by atoms with Crippen LogP contribution in [-0.4, -0.2) is 29.8 Å². The van der Waals surface area contributed by atoms with Crippen LogP contribution in [0.15, 0.2) is 24.3 Å². The lowest BCUT2D eigenvalue weighted by molar-refractivity contribution is -0.117. The maximum atomic E-state index is 12.6. The molecular formula is C18H24N2O2. The first-order chi connectivity index (χ1) is 10.5. The van der Waals surface area contributed by atoms with Crippen molar-refractivity contribution in [3.63, 3.8) is 0 Å². The van der Waals surface area contributed by atoms with Crippen molar-refractivity contribution in [2.45, 2.75) is 33.1 Å². The van der Waals surface area contributed by atoms with Crippen molar-refractivity contribution >= 4 is 17.5 Å². The van der Waals surface area contributed by atoms with Gasteiger partial charge in [-0.15, -0.1) is 0 Å². The number of hydrogen-bond donors (Lipinski definition) is 1. The lowest BCUT2D eigenvalue weighted by atomic mass is 9.91. The average molecular weight is 300 g/mol. The molecule has 0 radical (unpaired) electrons. The molecule has 4 heteroatoms. The van der Waals surface area contributed by atoms with E-state index in [1.807, 2.05) is 29.2 Å². The number of nitrogens with zero attached hydrogens (tertiary/aromatic N) is 1. The third kappa shape index (κ3) is 3.49. The molecule has 1 aromatic carbocycles. The predicted octanol–water partition coefficient (Wildman–Crippen LogP) is 3.15. The molecule has 0 unspecified atom stereocenters. The van der Waals surface area contributed by atoms with Gasteiger partial charge in [-0.25, -0.2) is 0 Å². The topological polar surface area (TPSA) is 49.4 Å². The zero-order valence-corrected chi connectivity index (χ0v) is 13.3. The van der Waals surface area contributed by atoms with Crippen LogP contribution < -0.4 is 5.32 Å². The highest BCUT2D eigenvalue weighted by Gasteiger charge is 2.29. The first-order valence-corrected chi connectivity index (χ1v) is 8.23. The van der Waals surface area contributed by atoms with Gasteiger partial charge in [0, 0.05) is 30.3 Å². The summed E-state index contributed by atoms with van der Waals surface area (Å²) < 4.78 is 0. The molecule has 1 aliphatic heterocycles. The Morgan fingerprint density at radius 1 is 1.05 bits per heavy atom. The fraction of sp³-hybridized carbons (Fsp3) is 0.556. The molecule has 22 heavy (non-hydrogen) atoms. The second-order valence-corrected chi connectivity index (χ2v) is 7.00.